The van der Waals surface area contributed by atoms with Gasteiger partial charge in [-0.3, -0.25) is 4.79 Å². The summed E-state index contributed by atoms with van der Waals surface area (Å²) in [4.78, 5) is 12.8. The molecule has 0 heterocycles. The molecule has 0 radical (unpaired) electrons. The first-order chi connectivity index (χ1) is 20.3. The molecule has 2 aromatic carbocycles. The predicted octanol–water partition coefficient (Wildman–Crippen LogP) is 9.93. The summed E-state index contributed by atoms with van der Waals surface area (Å²) in [5.41, 5.74) is 2.65. The molecule has 2 atom stereocenters. The molecule has 0 aromatic heterocycles. The van der Waals surface area contributed by atoms with Crippen molar-refractivity contribution in [3.63, 3.8) is 0 Å². The van der Waals surface area contributed by atoms with Crippen molar-refractivity contribution in [2.24, 2.45) is 5.92 Å². The van der Waals surface area contributed by atoms with Crippen molar-refractivity contribution >= 4 is 5.97 Å². The quantitative estimate of drug-likeness (QED) is 0.0704. The fraction of sp³-hybridized carbons (Fsp3) is 0.658. The number of carbonyl (C=O) groups excluding carboxylic acids is 1. The number of hydrogen-bond acceptors (Lipinski definition) is 3. The highest BCUT2D eigenvalue weighted by atomic mass is 16.6. The molecule has 0 aliphatic carbocycles. The summed E-state index contributed by atoms with van der Waals surface area (Å²) < 4.78 is 12.8. The van der Waals surface area contributed by atoms with Crippen molar-refractivity contribution in [1.82, 2.24) is 0 Å². The largest absolute Gasteiger partial charge is 0.487 e. The van der Waals surface area contributed by atoms with Crippen molar-refractivity contribution in [3.8, 4) is 5.75 Å². The Kier molecular flexibility index (Phi) is 18.3. The van der Waals surface area contributed by atoms with Crippen molar-refractivity contribution in [3.05, 3.63) is 65.7 Å². The van der Waals surface area contributed by atoms with Gasteiger partial charge in [-0.15, -0.1) is 0 Å². The summed E-state index contributed by atoms with van der Waals surface area (Å²) in [5.74, 6) is 0.620. The number of esters is 1. The summed E-state index contributed by atoms with van der Waals surface area (Å²) in [7, 11) is 4.44. The number of hydrogen-bond donors (Lipinski definition) is 0. The molecular formula is C38H62NO3+. The van der Waals surface area contributed by atoms with Gasteiger partial charge in [-0.1, -0.05) is 134 Å². The Morgan fingerprint density at radius 1 is 0.762 bits per heavy atom. The molecule has 0 aliphatic rings. The smallest absolute Gasteiger partial charge is 0.309 e. The van der Waals surface area contributed by atoms with E-state index in [1.165, 1.54) is 88.2 Å². The van der Waals surface area contributed by atoms with Crippen LogP contribution in [0, 0.1) is 5.92 Å². The molecule has 0 saturated heterocycles. The summed E-state index contributed by atoms with van der Waals surface area (Å²) >= 11 is 0. The van der Waals surface area contributed by atoms with Gasteiger partial charge < -0.3 is 14.0 Å². The highest BCUT2D eigenvalue weighted by molar-refractivity contribution is 5.71. The topological polar surface area (TPSA) is 35.5 Å². The second-order valence-electron chi connectivity index (χ2n) is 13.1. The zero-order valence-electron chi connectivity index (χ0n) is 27.8. The third kappa shape index (κ3) is 16.3. The van der Waals surface area contributed by atoms with Gasteiger partial charge in [0.1, 0.15) is 25.0 Å². The van der Waals surface area contributed by atoms with E-state index < -0.39 is 0 Å². The third-order valence-corrected chi connectivity index (χ3v) is 8.41. The first kappa shape index (κ1) is 35.9. The average molecular weight is 581 g/mol. The number of unbranched alkanes of at least 4 members (excludes halogenated alkanes) is 11. The summed E-state index contributed by atoms with van der Waals surface area (Å²) in [6.07, 6.45) is 19.0. The fourth-order valence-corrected chi connectivity index (χ4v) is 5.51. The maximum atomic E-state index is 12.8. The Bertz CT molecular complexity index is 958. The Hall–Kier alpha value is -2.33. The van der Waals surface area contributed by atoms with Crippen LogP contribution >= 0.6 is 0 Å². The summed E-state index contributed by atoms with van der Waals surface area (Å²) in [5, 5.41) is 0. The van der Waals surface area contributed by atoms with E-state index in [1.54, 1.807) is 0 Å². The fourth-order valence-electron chi connectivity index (χ4n) is 5.51. The third-order valence-electron chi connectivity index (χ3n) is 8.41. The molecule has 42 heavy (non-hydrogen) atoms. The molecule has 2 unspecified atom stereocenters. The van der Waals surface area contributed by atoms with E-state index in [1.807, 2.05) is 19.1 Å². The first-order valence-corrected chi connectivity index (χ1v) is 17.1. The monoisotopic (exact) mass is 580 g/mol. The van der Waals surface area contributed by atoms with Crippen molar-refractivity contribution in [1.29, 1.82) is 0 Å². The lowest BCUT2D eigenvalue weighted by Gasteiger charge is -2.30. The van der Waals surface area contributed by atoms with Gasteiger partial charge in [0.15, 0.2) is 0 Å². The molecule has 4 nitrogen and oxygen atoms in total. The van der Waals surface area contributed by atoms with E-state index in [-0.39, 0.29) is 18.0 Å². The number of benzene rings is 2. The second-order valence-corrected chi connectivity index (χ2v) is 13.1. The van der Waals surface area contributed by atoms with Crippen LogP contribution in [0.4, 0.5) is 0 Å². The standard InChI is InChI=1S/C38H62NO3/c1-6-8-9-10-11-12-13-14-15-16-17-19-23-34-26-22-27-37(30-34)42-36(7-2)32-41-38(40)33(3)28-29-39(4,5)31-35-24-20-18-21-25-35/h18,20-22,24-27,30,33,36H,6-17,19,23,28-29,31-32H2,1-5H3/q+1. The molecule has 0 spiro atoms. The zero-order chi connectivity index (χ0) is 30.5. The summed E-state index contributed by atoms with van der Waals surface area (Å²) in [6, 6.07) is 19.0. The van der Waals surface area contributed by atoms with Gasteiger partial charge in [-0.25, -0.2) is 0 Å². The predicted molar refractivity (Wildman–Crippen MR) is 178 cm³/mol. The molecule has 2 rings (SSSR count). The molecule has 0 aliphatic heterocycles. The van der Waals surface area contributed by atoms with Crippen LogP contribution in [0.1, 0.15) is 122 Å². The Labute approximate surface area is 258 Å². The van der Waals surface area contributed by atoms with Gasteiger partial charge in [0.2, 0.25) is 0 Å². The van der Waals surface area contributed by atoms with Crippen LogP contribution in [-0.4, -0.2) is 43.8 Å². The zero-order valence-corrected chi connectivity index (χ0v) is 27.8. The van der Waals surface area contributed by atoms with Crippen molar-refractivity contribution in [2.75, 3.05) is 27.2 Å². The summed E-state index contributed by atoms with van der Waals surface area (Å²) in [6.45, 7) is 8.52. The second kappa shape index (κ2) is 21.4. The van der Waals surface area contributed by atoms with E-state index in [2.05, 4.69) is 70.4 Å². The lowest BCUT2D eigenvalue weighted by molar-refractivity contribution is -0.904. The minimum atomic E-state index is -0.131. The van der Waals surface area contributed by atoms with Crippen molar-refractivity contribution < 1.29 is 18.8 Å². The lowest BCUT2D eigenvalue weighted by atomic mass is 10.0. The van der Waals surface area contributed by atoms with Crippen LogP contribution in [0.25, 0.3) is 0 Å². The van der Waals surface area contributed by atoms with Crippen LogP contribution in [0.3, 0.4) is 0 Å². The van der Waals surface area contributed by atoms with Crippen LogP contribution in [0.2, 0.25) is 0 Å². The SMILES string of the molecule is CCCCCCCCCCCCCCc1cccc(OC(CC)COC(=O)C(C)CC[N+](C)(C)Cc2ccccc2)c1. The number of rotatable bonds is 24. The minimum absolute atomic E-state index is 0.127. The van der Waals surface area contributed by atoms with Crippen LogP contribution < -0.4 is 4.74 Å². The maximum absolute atomic E-state index is 12.8. The molecule has 0 bridgehead atoms. The maximum Gasteiger partial charge on any atom is 0.309 e. The molecule has 0 amide bonds. The van der Waals surface area contributed by atoms with E-state index in [9.17, 15) is 4.79 Å². The molecule has 0 N–H and O–H groups in total. The molecule has 2 aromatic rings. The first-order valence-electron chi connectivity index (χ1n) is 17.1. The number of ether oxygens (including phenoxy) is 2. The van der Waals surface area contributed by atoms with Gasteiger partial charge >= 0.3 is 5.97 Å². The van der Waals surface area contributed by atoms with E-state index in [0.29, 0.717) is 6.61 Å². The Morgan fingerprint density at radius 2 is 1.36 bits per heavy atom. The molecule has 0 fully saturated rings. The Morgan fingerprint density at radius 3 is 1.98 bits per heavy atom. The molecule has 0 saturated carbocycles. The van der Waals surface area contributed by atoms with Gasteiger partial charge in [-0.2, -0.15) is 0 Å². The number of aryl methyl sites for hydroxylation is 1. The van der Waals surface area contributed by atoms with Gasteiger partial charge in [0.05, 0.1) is 26.6 Å². The highest BCUT2D eigenvalue weighted by Crippen LogP contribution is 2.20. The van der Waals surface area contributed by atoms with Gasteiger partial charge in [-0.05, 0) is 37.0 Å². The highest BCUT2D eigenvalue weighted by Gasteiger charge is 2.22. The van der Waals surface area contributed by atoms with Crippen LogP contribution in [0.15, 0.2) is 54.6 Å². The minimum Gasteiger partial charge on any atom is -0.487 e. The van der Waals surface area contributed by atoms with Crippen molar-refractivity contribution in [2.45, 2.75) is 130 Å². The molecule has 236 valence electrons. The normalized spacial score (nSPS) is 13.1. The van der Waals surface area contributed by atoms with Gasteiger partial charge in [0.25, 0.3) is 0 Å². The molecule has 4 heteroatoms. The lowest BCUT2D eigenvalue weighted by Crippen LogP contribution is -2.40. The average Bonchev–Trinajstić information content (AvgIpc) is 2.99. The Balaban J connectivity index is 1.62. The van der Waals surface area contributed by atoms with E-state index in [4.69, 9.17) is 9.47 Å². The van der Waals surface area contributed by atoms with Gasteiger partial charge in [0, 0.05) is 12.0 Å². The van der Waals surface area contributed by atoms with E-state index >= 15 is 0 Å². The van der Waals surface area contributed by atoms with Crippen LogP contribution in [0.5, 0.6) is 5.75 Å². The number of nitrogens with zero attached hydrogens (tertiary/aromatic N) is 1. The van der Waals surface area contributed by atoms with Crippen LogP contribution in [-0.2, 0) is 22.5 Å². The molecular weight excluding hydrogens is 518 g/mol. The van der Waals surface area contributed by atoms with E-state index in [0.717, 1.165) is 42.6 Å². The number of quaternary nitrogens is 1. The number of carbonyl (C=O) groups is 1.